The van der Waals surface area contributed by atoms with Crippen LogP contribution in [0.2, 0.25) is 0 Å². The maximum absolute atomic E-state index is 13.9. The van der Waals surface area contributed by atoms with Gasteiger partial charge in [0.15, 0.2) is 6.61 Å². The minimum Gasteiger partial charge on any atom is -0.483 e. The molecule has 0 spiro atoms. The Morgan fingerprint density at radius 2 is 1.67 bits per heavy atom. The highest BCUT2D eigenvalue weighted by molar-refractivity contribution is 8.00. The van der Waals surface area contributed by atoms with Gasteiger partial charge < -0.3 is 15.0 Å². The van der Waals surface area contributed by atoms with Crippen molar-refractivity contribution in [3.05, 3.63) is 98.7 Å². The van der Waals surface area contributed by atoms with E-state index in [0.717, 1.165) is 26.8 Å². The Balaban J connectivity index is 1.09. The lowest BCUT2D eigenvalue weighted by Gasteiger charge is -2.43. The predicted molar refractivity (Wildman–Crippen MR) is 176 cm³/mol. The highest BCUT2D eigenvalue weighted by atomic mass is 32.2. The van der Waals surface area contributed by atoms with Crippen LogP contribution in [0.15, 0.2) is 87.5 Å². The second-order valence-corrected chi connectivity index (χ2v) is 16.2. The number of carbonyl (C=O) groups excluding carboxylic acids is 3. The molecule has 48 heavy (non-hydrogen) atoms. The Morgan fingerprint density at radius 3 is 2.38 bits per heavy atom. The highest BCUT2D eigenvalue weighted by Crippen LogP contribution is 2.69. The second-order valence-electron chi connectivity index (χ2n) is 12.4. The summed E-state index contributed by atoms with van der Waals surface area (Å²) < 4.78 is 42.9. The van der Waals surface area contributed by atoms with E-state index in [1.165, 1.54) is 53.4 Å². The van der Waals surface area contributed by atoms with Gasteiger partial charge in [-0.15, -0.1) is 11.8 Å². The molecule has 1 saturated heterocycles. The number of H-pyrrole nitrogens is 1. The van der Waals surface area contributed by atoms with Crippen LogP contribution in [0.25, 0.3) is 0 Å². The number of imide groups is 1. The number of amides is 3. The third kappa shape index (κ3) is 4.98. The van der Waals surface area contributed by atoms with E-state index < -0.39 is 33.6 Å². The molecule has 4 N–H and O–H groups in total. The molecule has 15 heteroatoms. The number of fused-ring (bicyclic) bond motifs is 9. The number of hydrogen-bond donors (Lipinski definition) is 3. The molecule has 1 aromatic heterocycles. The lowest BCUT2D eigenvalue weighted by atomic mass is 9.68. The van der Waals surface area contributed by atoms with Gasteiger partial charge in [-0.25, -0.2) is 17.9 Å². The van der Waals surface area contributed by atoms with Gasteiger partial charge in [-0.05, 0) is 78.8 Å². The fourth-order valence-electron chi connectivity index (χ4n) is 8.15. The van der Waals surface area contributed by atoms with Crippen molar-refractivity contribution in [1.82, 2.24) is 4.98 Å². The Labute approximate surface area is 281 Å². The number of thiazole rings is 1. The summed E-state index contributed by atoms with van der Waals surface area (Å²) in [4.78, 5) is 58.0. The largest absolute Gasteiger partial charge is 0.483 e. The van der Waals surface area contributed by atoms with E-state index in [1.807, 2.05) is 12.1 Å². The van der Waals surface area contributed by atoms with Gasteiger partial charge in [-0.2, -0.15) is 0 Å². The first kappa shape index (κ1) is 31.0. The molecule has 3 amide bonds. The highest BCUT2D eigenvalue weighted by Gasteiger charge is 2.69. The summed E-state index contributed by atoms with van der Waals surface area (Å²) in [5.74, 6) is -2.74. The molecule has 4 aliphatic rings. The van der Waals surface area contributed by atoms with Crippen molar-refractivity contribution in [3.8, 4) is 5.75 Å². The number of nitrogens with two attached hydrogens (primary N) is 1. The van der Waals surface area contributed by atoms with Crippen molar-refractivity contribution in [2.75, 3.05) is 16.8 Å². The van der Waals surface area contributed by atoms with Gasteiger partial charge in [-0.1, -0.05) is 29.5 Å². The zero-order valence-electron chi connectivity index (χ0n) is 24.9. The van der Waals surface area contributed by atoms with Crippen molar-refractivity contribution in [3.63, 3.8) is 0 Å². The van der Waals surface area contributed by atoms with Crippen LogP contribution in [-0.2, 0) is 24.4 Å². The normalized spacial score (nSPS) is 27.0. The monoisotopic (exact) mass is 706 g/mol. The number of aromatic amines is 1. The van der Waals surface area contributed by atoms with E-state index in [9.17, 15) is 32.0 Å². The number of thioether (sulfide) groups is 1. The minimum atomic E-state index is -3.88. The summed E-state index contributed by atoms with van der Waals surface area (Å²) >= 11 is 2.68. The quantitative estimate of drug-likeness (QED) is 0.243. The fourth-order valence-corrected chi connectivity index (χ4v) is 11.5. The van der Waals surface area contributed by atoms with E-state index in [2.05, 4.69) is 10.3 Å². The van der Waals surface area contributed by atoms with Gasteiger partial charge in [0.2, 0.25) is 21.8 Å². The molecule has 2 aliphatic carbocycles. The van der Waals surface area contributed by atoms with Crippen LogP contribution in [0.4, 0.5) is 15.8 Å². The first-order chi connectivity index (χ1) is 23.0. The summed E-state index contributed by atoms with van der Waals surface area (Å²) in [5, 5.41) is 8.52. The number of aromatic nitrogens is 1. The minimum absolute atomic E-state index is 0.0550. The number of halogens is 1. The third-order valence-electron chi connectivity index (χ3n) is 9.89. The lowest BCUT2D eigenvalue weighted by Crippen LogP contribution is -2.42. The molecule has 3 fully saturated rings. The van der Waals surface area contributed by atoms with Crippen LogP contribution in [0.1, 0.15) is 22.8 Å². The van der Waals surface area contributed by atoms with Crippen molar-refractivity contribution in [2.45, 2.75) is 27.5 Å². The average molecular weight is 707 g/mol. The molecule has 2 bridgehead atoms. The second kappa shape index (κ2) is 11.4. The van der Waals surface area contributed by atoms with E-state index in [-0.39, 0.29) is 57.1 Å². The first-order valence-corrected chi connectivity index (χ1v) is 18.4. The summed E-state index contributed by atoms with van der Waals surface area (Å²) in [6.45, 7) is -0.351. The Morgan fingerprint density at radius 1 is 0.979 bits per heavy atom. The van der Waals surface area contributed by atoms with Gasteiger partial charge >= 0.3 is 4.87 Å². The van der Waals surface area contributed by atoms with Crippen molar-refractivity contribution in [2.24, 2.45) is 34.7 Å². The third-order valence-corrected chi connectivity index (χ3v) is 13.4. The molecule has 246 valence electrons. The number of ether oxygens (including phenoxy) is 1. The number of primary sulfonamides is 1. The maximum atomic E-state index is 13.9. The van der Waals surface area contributed by atoms with Crippen LogP contribution in [0.5, 0.6) is 5.75 Å². The number of carbonyl (C=O) groups is 3. The molecule has 6 unspecified atom stereocenters. The summed E-state index contributed by atoms with van der Waals surface area (Å²) in [6, 6.07) is 18.1. The molecule has 3 heterocycles. The number of rotatable bonds is 7. The van der Waals surface area contributed by atoms with Crippen molar-refractivity contribution >= 4 is 62.2 Å². The van der Waals surface area contributed by atoms with Crippen LogP contribution < -0.4 is 25.0 Å². The van der Waals surface area contributed by atoms with Crippen molar-refractivity contribution in [1.29, 1.82) is 0 Å². The van der Waals surface area contributed by atoms with E-state index in [1.54, 1.807) is 23.9 Å². The van der Waals surface area contributed by atoms with Crippen LogP contribution in [0.3, 0.4) is 0 Å². The summed E-state index contributed by atoms with van der Waals surface area (Å²) in [5.41, 5.74) is 1.49. The van der Waals surface area contributed by atoms with E-state index in [4.69, 9.17) is 9.88 Å². The molecule has 11 nitrogen and oxygen atoms in total. The van der Waals surface area contributed by atoms with Crippen LogP contribution in [-0.4, -0.2) is 43.0 Å². The number of para-hydroxylation sites is 1. The van der Waals surface area contributed by atoms with E-state index in [0.29, 0.717) is 23.5 Å². The molecule has 8 rings (SSSR count). The summed E-state index contributed by atoms with van der Waals surface area (Å²) in [6.07, 6.45) is 0.692. The van der Waals surface area contributed by atoms with Gasteiger partial charge in [0.1, 0.15) is 11.6 Å². The molecule has 7 atom stereocenters. The van der Waals surface area contributed by atoms with Gasteiger partial charge in [0.25, 0.3) is 5.91 Å². The molecule has 0 radical (unpaired) electrons. The van der Waals surface area contributed by atoms with E-state index >= 15 is 0 Å². The zero-order chi connectivity index (χ0) is 33.5. The lowest BCUT2D eigenvalue weighted by molar-refractivity contribution is -0.123. The Hall–Kier alpha value is -4.31. The number of anilines is 2. The first-order valence-electron chi connectivity index (χ1n) is 15.2. The van der Waals surface area contributed by atoms with Crippen molar-refractivity contribution < 1.29 is 31.9 Å². The van der Waals surface area contributed by atoms with Crippen LogP contribution in [0, 0.1) is 35.4 Å². The van der Waals surface area contributed by atoms with Gasteiger partial charge in [0.05, 0.1) is 27.4 Å². The molecule has 2 saturated carbocycles. The maximum Gasteiger partial charge on any atom is 0.305 e. The standard InChI is InChI=1S/C33H27FN4O7S3/c34-15-5-9-17(10-6-15)38-31(40)26-20-13-21(27(26)32(38)41)28-25(20)24(29-30(46-28)37-33(42)47-29)19-3-1-2-4-22(19)45-14-23(39)36-16-7-11-18(12-8-16)48(35,43)44/h1-12,20-21,24-28H,13-14H2,(H,36,39)(H,37,42)(H2,35,43,44)/t20?,21?,24-,25?,26?,27?,28?/m1/s1. The number of benzene rings is 3. The zero-order valence-corrected chi connectivity index (χ0v) is 27.3. The predicted octanol–water partition coefficient (Wildman–Crippen LogP) is 3.92. The van der Waals surface area contributed by atoms with Gasteiger partial charge in [-0.3, -0.25) is 24.1 Å². The molecular formula is C33H27FN4O7S3. The smallest absolute Gasteiger partial charge is 0.305 e. The van der Waals surface area contributed by atoms with Crippen LogP contribution >= 0.6 is 23.1 Å². The molecule has 3 aromatic carbocycles. The Kier molecular flexibility index (Phi) is 7.36. The molecule has 2 aliphatic heterocycles. The molecular weight excluding hydrogens is 680 g/mol. The fraction of sp³-hybridized carbons (Fsp3) is 0.273. The Bertz CT molecular complexity index is 2150. The number of sulfonamides is 1. The number of nitrogens with one attached hydrogen (secondary N) is 2. The summed E-state index contributed by atoms with van der Waals surface area (Å²) in [7, 11) is -3.88. The number of hydrogen-bond acceptors (Lipinski definition) is 9. The average Bonchev–Trinajstić information content (AvgIpc) is 3.79. The topological polar surface area (TPSA) is 169 Å². The number of nitrogens with zero attached hydrogens (tertiary/aromatic N) is 1. The van der Waals surface area contributed by atoms with Gasteiger partial charge in [0, 0.05) is 27.3 Å². The molecule has 4 aromatic rings. The SMILES string of the molecule is NS(=O)(=O)c1ccc(NC(=O)COc2ccccc2[C@H]2c3sc(=O)[nH]c3SC3C4CC(C5C(=O)N(c6ccc(F)cc6)C(=O)C45)C32)cc1.